The Bertz CT molecular complexity index is 590. The van der Waals surface area contributed by atoms with Gasteiger partial charge in [-0.2, -0.15) is 0 Å². The summed E-state index contributed by atoms with van der Waals surface area (Å²) in [7, 11) is 0. The molecule has 0 aliphatic carbocycles. The second-order valence-corrected chi connectivity index (χ2v) is 6.55. The predicted molar refractivity (Wildman–Crippen MR) is 92.3 cm³/mol. The van der Waals surface area contributed by atoms with E-state index >= 15 is 0 Å². The molecule has 3 heteroatoms. The summed E-state index contributed by atoms with van der Waals surface area (Å²) in [5, 5.41) is 0. The van der Waals surface area contributed by atoms with Gasteiger partial charge in [-0.15, -0.1) is 11.8 Å². The maximum atomic E-state index is 6.01. The standard InChI is InChI=1S/C18H23NOS/c1-13-5-6-18(17(19)12-13)21-8-4-7-20-16-10-14(2)9-15(3)11-16/h5-6,9-12H,4,7-8,19H2,1-3H3. The normalized spacial score (nSPS) is 10.6. The van der Waals surface area contributed by atoms with Crippen LogP contribution in [0, 0.1) is 20.8 Å². The minimum Gasteiger partial charge on any atom is -0.494 e. The third-order valence-corrected chi connectivity index (χ3v) is 4.35. The van der Waals surface area contributed by atoms with Crippen molar-refractivity contribution in [2.24, 2.45) is 0 Å². The van der Waals surface area contributed by atoms with Crippen LogP contribution >= 0.6 is 11.8 Å². The van der Waals surface area contributed by atoms with E-state index in [1.54, 1.807) is 11.8 Å². The van der Waals surface area contributed by atoms with E-state index in [2.05, 4.69) is 51.1 Å². The molecular formula is C18H23NOS. The summed E-state index contributed by atoms with van der Waals surface area (Å²) in [5.41, 5.74) is 10.6. The Kier molecular flexibility index (Phi) is 5.57. The first-order valence-corrected chi connectivity index (χ1v) is 8.23. The summed E-state index contributed by atoms with van der Waals surface area (Å²) in [6, 6.07) is 12.5. The van der Waals surface area contributed by atoms with E-state index in [4.69, 9.17) is 10.5 Å². The average molecular weight is 301 g/mol. The molecule has 2 N–H and O–H groups in total. The second kappa shape index (κ2) is 7.41. The highest BCUT2D eigenvalue weighted by molar-refractivity contribution is 7.99. The van der Waals surface area contributed by atoms with Gasteiger partial charge < -0.3 is 10.5 Å². The molecule has 0 atom stereocenters. The summed E-state index contributed by atoms with van der Waals surface area (Å²) >= 11 is 1.79. The molecule has 0 fully saturated rings. The van der Waals surface area contributed by atoms with E-state index in [-0.39, 0.29) is 0 Å². The topological polar surface area (TPSA) is 35.2 Å². The molecular weight excluding hydrogens is 278 g/mol. The first-order valence-electron chi connectivity index (χ1n) is 7.24. The van der Waals surface area contributed by atoms with E-state index in [9.17, 15) is 0 Å². The van der Waals surface area contributed by atoms with Crippen molar-refractivity contribution in [1.82, 2.24) is 0 Å². The zero-order valence-corrected chi connectivity index (χ0v) is 13.8. The number of thioether (sulfide) groups is 1. The fourth-order valence-corrected chi connectivity index (χ4v) is 3.12. The highest BCUT2D eigenvalue weighted by atomic mass is 32.2. The molecule has 21 heavy (non-hydrogen) atoms. The minimum absolute atomic E-state index is 0.738. The van der Waals surface area contributed by atoms with Gasteiger partial charge in [0.25, 0.3) is 0 Å². The van der Waals surface area contributed by atoms with E-state index in [1.807, 2.05) is 6.07 Å². The Labute approximate surface area is 131 Å². The molecule has 0 aliphatic rings. The molecule has 0 amide bonds. The fraction of sp³-hybridized carbons (Fsp3) is 0.333. The summed E-state index contributed by atoms with van der Waals surface area (Å²) in [5.74, 6) is 1.98. The number of ether oxygens (including phenoxy) is 1. The number of benzene rings is 2. The van der Waals surface area contributed by atoms with Crippen LogP contribution in [0.15, 0.2) is 41.3 Å². The Hall–Kier alpha value is -1.61. The lowest BCUT2D eigenvalue weighted by atomic mass is 10.1. The molecule has 0 heterocycles. The zero-order chi connectivity index (χ0) is 15.2. The summed E-state index contributed by atoms with van der Waals surface area (Å²) in [6.07, 6.45) is 1.00. The van der Waals surface area contributed by atoms with E-state index in [1.165, 1.54) is 16.7 Å². The number of rotatable bonds is 6. The smallest absolute Gasteiger partial charge is 0.119 e. The third kappa shape index (κ3) is 5.01. The second-order valence-electron chi connectivity index (χ2n) is 5.42. The largest absolute Gasteiger partial charge is 0.494 e. The molecule has 2 aromatic carbocycles. The minimum atomic E-state index is 0.738. The molecule has 0 saturated carbocycles. The Morgan fingerprint density at radius 1 is 0.952 bits per heavy atom. The van der Waals surface area contributed by atoms with Crippen LogP contribution < -0.4 is 10.5 Å². The van der Waals surface area contributed by atoms with Crippen molar-refractivity contribution in [1.29, 1.82) is 0 Å². The molecule has 2 rings (SSSR count). The SMILES string of the molecule is Cc1cc(C)cc(OCCCSc2ccc(C)cc2N)c1. The van der Waals surface area contributed by atoms with Crippen molar-refractivity contribution in [3.05, 3.63) is 53.1 Å². The summed E-state index contributed by atoms with van der Waals surface area (Å²) < 4.78 is 5.81. The van der Waals surface area contributed by atoms with Gasteiger partial charge in [0, 0.05) is 16.3 Å². The van der Waals surface area contributed by atoms with Crippen molar-refractivity contribution in [2.45, 2.75) is 32.1 Å². The molecule has 0 spiro atoms. The molecule has 2 aromatic rings. The van der Waals surface area contributed by atoms with E-state index < -0.39 is 0 Å². The van der Waals surface area contributed by atoms with Crippen molar-refractivity contribution in [2.75, 3.05) is 18.1 Å². The highest BCUT2D eigenvalue weighted by Gasteiger charge is 2.01. The molecule has 0 bridgehead atoms. The van der Waals surface area contributed by atoms with Crippen LogP contribution in [0.1, 0.15) is 23.1 Å². The quantitative estimate of drug-likeness (QED) is 0.475. The van der Waals surface area contributed by atoms with Crippen LogP contribution in [0.2, 0.25) is 0 Å². The van der Waals surface area contributed by atoms with Gasteiger partial charge in [-0.05, 0) is 68.1 Å². The maximum Gasteiger partial charge on any atom is 0.119 e. The first kappa shape index (κ1) is 15.8. The van der Waals surface area contributed by atoms with Crippen molar-refractivity contribution >= 4 is 17.4 Å². The van der Waals surface area contributed by atoms with Gasteiger partial charge in [-0.1, -0.05) is 12.1 Å². The summed E-state index contributed by atoms with van der Waals surface area (Å²) in [6.45, 7) is 6.98. The lowest BCUT2D eigenvalue weighted by Crippen LogP contribution is -1.99. The molecule has 0 radical (unpaired) electrons. The monoisotopic (exact) mass is 301 g/mol. The van der Waals surface area contributed by atoms with Crippen LogP contribution in [0.5, 0.6) is 5.75 Å². The average Bonchev–Trinajstić information content (AvgIpc) is 2.39. The van der Waals surface area contributed by atoms with Gasteiger partial charge >= 0.3 is 0 Å². The lowest BCUT2D eigenvalue weighted by molar-refractivity contribution is 0.318. The number of hydrogen-bond acceptors (Lipinski definition) is 3. The van der Waals surface area contributed by atoms with Gasteiger partial charge in [0.2, 0.25) is 0 Å². The zero-order valence-electron chi connectivity index (χ0n) is 13.0. The Morgan fingerprint density at radius 2 is 1.67 bits per heavy atom. The Balaban J connectivity index is 1.75. The third-order valence-electron chi connectivity index (χ3n) is 3.18. The molecule has 0 aromatic heterocycles. The number of anilines is 1. The highest BCUT2D eigenvalue weighted by Crippen LogP contribution is 2.26. The number of aryl methyl sites for hydroxylation is 3. The molecule has 0 saturated heterocycles. The molecule has 2 nitrogen and oxygen atoms in total. The van der Waals surface area contributed by atoms with Gasteiger partial charge in [0.05, 0.1) is 6.61 Å². The van der Waals surface area contributed by atoms with Crippen LogP contribution in [-0.2, 0) is 0 Å². The van der Waals surface area contributed by atoms with Crippen molar-refractivity contribution < 1.29 is 4.74 Å². The lowest BCUT2D eigenvalue weighted by Gasteiger charge is -2.09. The number of nitrogens with two attached hydrogens (primary N) is 1. The van der Waals surface area contributed by atoms with Crippen molar-refractivity contribution in [3.63, 3.8) is 0 Å². The van der Waals surface area contributed by atoms with E-state index in [0.717, 1.165) is 35.1 Å². The number of nitrogen functional groups attached to an aromatic ring is 1. The van der Waals surface area contributed by atoms with Gasteiger partial charge in [-0.25, -0.2) is 0 Å². The molecule has 112 valence electrons. The van der Waals surface area contributed by atoms with Crippen LogP contribution in [0.25, 0.3) is 0 Å². The van der Waals surface area contributed by atoms with Crippen LogP contribution in [0.4, 0.5) is 5.69 Å². The Morgan fingerprint density at radius 3 is 2.33 bits per heavy atom. The van der Waals surface area contributed by atoms with Gasteiger partial charge in [0.15, 0.2) is 0 Å². The van der Waals surface area contributed by atoms with Gasteiger partial charge in [0.1, 0.15) is 5.75 Å². The maximum absolute atomic E-state index is 6.01. The number of hydrogen-bond donors (Lipinski definition) is 1. The predicted octanol–water partition coefficient (Wildman–Crippen LogP) is 4.76. The molecule has 0 aliphatic heterocycles. The van der Waals surface area contributed by atoms with Crippen molar-refractivity contribution in [3.8, 4) is 5.75 Å². The fourth-order valence-electron chi connectivity index (χ4n) is 2.25. The summed E-state index contributed by atoms with van der Waals surface area (Å²) in [4.78, 5) is 1.16. The van der Waals surface area contributed by atoms with Crippen LogP contribution in [-0.4, -0.2) is 12.4 Å². The van der Waals surface area contributed by atoms with Crippen LogP contribution in [0.3, 0.4) is 0 Å². The first-order chi connectivity index (χ1) is 10.0. The van der Waals surface area contributed by atoms with Gasteiger partial charge in [-0.3, -0.25) is 0 Å². The van der Waals surface area contributed by atoms with E-state index in [0.29, 0.717) is 0 Å². The molecule has 0 unspecified atom stereocenters.